The number of carbonyl (C=O) groups excluding carboxylic acids is 1. The van der Waals surface area contributed by atoms with Crippen molar-refractivity contribution in [3.8, 4) is 0 Å². The van der Waals surface area contributed by atoms with Crippen molar-refractivity contribution in [3.63, 3.8) is 0 Å². The molecule has 0 radical (unpaired) electrons. The smallest absolute Gasteiger partial charge is 0.250 e. The quantitative estimate of drug-likeness (QED) is 0.509. The Hall–Kier alpha value is -0.670. The van der Waals surface area contributed by atoms with E-state index in [-0.39, 0.29) is 0 Å². The zero-order valence-corrected chi connectivity index (χ0v) is 4.28. The van der Waals surface area contributed by atoms with Crippen molar-refractivity contribution in [1.82, 2.24) is 0 Å². The summed E-state index contributed by atoms with van der Waals surface area (Å²) in [5.41, 5.74) is 0. The molecule has 0 aliphatic rings. The van der Waals surface area contributed by atoms with Gasteiger partial charge in [0.25, 0.3) is 5.92 Å². The lowest BCUT2D eigenvalue weighted by Gasteiger charge is -2.08. The Bertz CT molecular complexity index is 94.7. The maximum Gasteiger partial charge on any atom is 0.250 e. The number of aliphatic carboxylic acids is 1. The van der Waals surface area contributed by atoms with Gasteiger partial charge in [-0.3, -0.25) is 0 Å². The largest absolute Gasteiger partial charge is 0.550 e. The lowest BCUT2D eigenvalue weighted by molar-refractivity contribution is -0.309. The predicted molar refractivity (Wildman–Crippen MR) is 20.2 cm³/mol. The first-order valence-electron chi connectivity index (χ1n) is 1.99. The van der Waals surface area contributed by atoms with Crippen LogP contribution in [-0.4, -0.2) is 11.9 Å². The number of carboxylic acid groups (broad SMARTS) is 1. The molecule has 4 heteroatoms. The van der Waals surface area contributed by atoms with Gasteiger partial charge in [0, 0.05) is 5.97 Å². The Kier molecular flexibility index (Phi) is 1.89. The zero-order chi connectivity index (χ0) is 6.78. The van der Waals surface area contributed by atoms with E-state index in [1.807, 2.05) is 0 Å². The Morgan fingerprint density at radius 3 is 2.12 bits per heavy atom. The van der Waals surface area contributed by atoms with Crippen molar-refractivity contribution in [2.45, 2.75) is 19.3 Å². The Morgan fingerprint density at radius 1 is 1.75 bits per heavy atom. The minimum Gasteiger partial charge on any atom is -0.550 e. The summed E-state index contributed by atoms with van der Waals surface area (Å²) in [6, 6.07) is 0. The molecule has 0 heterocycles. The van der Waals surface area contributed by atoms with Crippen molar-refractivity contribution in [1.29, 1.82) is 0 Å². The van der Waals surface area contributed by atoms with Gasteiger partial charge < -0.3 is 9.90 Å². The highest BCUT2D eigenvalue weighted by Crippen LogP contribution is 2.14. The molecule has 0 saturated heterocycles. The van der Waals surface area contributed by atoms with Crippen molar-refractivity contribution >= 4 is 5.97 Å². The average molecular weight is 123 g/mol. The van der Waals surface area contributed by atoms with E-state index in [9.17, 15) is 18.7 Å². The number of carbonyl (C=O) groups is 1. The van der Waals surface area contributed by atoms with Crippen LogP contribution < -0.4 is 5.11 Å². The normalized spacial score (nSPS) is 11.4. The molecule has 0 aliphatic heterocycles. The van der Waals surface area contributed by atoms with Crippen LogP contribution in [0.4, 0.5) is 8.78 Å². The van der Waals surface area contributed by atoms with E-state index >= 15 is 0 Å². The summed E-state index contributed by atoms with van der Waals surface area (Å²) in [5.74, 6) is -4.86. The highest BCUT2D eigenvalue weighted by Gasteiger charge is 2.20. The van der Waals surface area contributed by atoms with E-state index in [4.69, 9.17) is 0 Å². The number of hydrogen-bond acceptors (Lipinski definition) is 2. The second-order valence-corrected chi connectivity index (χ2v) is 1.62. The second-order valence-electron chi connectivity index (χ2n) is 1.62. The summed E-state index contributed by atoms with van der Waals surface area (Å²) >= 11 is 0. The first kappa shape index (κ1) is 7.33. The molecule has 48 valence electrons. The molecular weight excluding hydrogens is 118 g/mol. The molecule has 0 unspecified atom stereocenters. The maximum absolute atomic E-state index is 11.6. The van der Waals surface area contributed by atoms with Crippen molar-refractivity contribution in [3.05, 3.63) is 0 Å². The molecule has 0 aromatic carbocycles. The lowest BCUT2D eigenvalue weighted by Crippen LogP contribution is -2.29. The van der Waals surface area contributed by atoms with Crippen LogP contribution in [0, 0.1) is 0 Å². The monoisotopic (exact) mass is 123 g/mol. The molecule has 2 nitrogen and oxygen atoms in total. The number of alkyl halides is 2. The first-order chi connectivity index (χ1) is 3.42. The van der Waals surface area contributed by atoms with Gasteiger partial charge >= 0.3 is 0 Å². The molecule has 0 saturated carbocycles. The molecule has 0 aromatic heterocycles. The van der Waals surface area contributed by atoms with Gasteiger partial charge in [-0.2, -0.15) is 0 Å². The maximum atomic E-state index is 11.6. The van der Waals surface area contributed by atoms with Gasteiger partial charge in [0.1, 0.15) is 0 Å². The fourth-order valence-electron chi connectivity index (χ4n) is 0.253. The SMILES string of the molecule is CC(F)(F)CC(=O)[O-]. The number of hydrogen-bond donors (Lipinski definition) is 0. The molecule has 0 aliphatic carbocycles. The van der Waals surface area contributed by atoms with Crippen molar-refractivity contribution < 1.29 is 18.7 Å². The Morgan fingerprint density at radius 2 is 2.12 bits per heavy atom. The van der Waals surface area contributed by atoms with E-state index in [0.29, 0.717) is 6.92 Å². The van der Waals surface area contributed by atoms with Crippen LogP contribution in [0.1, 0.15) is 13.3 Å². The third kappa shape index (κ3) is 5.33. The van der Waals surface area contributed by atoms with Crippen LogP contribution in [0.3, 0.4) is 0 Å². The Balaban J connectivity index is 3.55. The molecule has 0 spiro atoms. The number of rotatable bonds is 2. The van der Waals surface area contributed by atoms with E-state index in [2.05, 4.69) is 0 Å². The standard InChI is InChI=1S/C4H6F2O2/c1-4(5,6)2-3(7)8/h2H2,1H3,(H,7,8)/p-1. The molecule has 0 bridgehead atoms. The summed E-state index contributed by atoms with van der Waals surface area (Å²) < 4.78 is 23.1. The van der Waals surface area contributed by atoms with E-state index in [1.165, 1.54) is 0 Å². The summed E-state index contributed by atoms with van der Waals surface area (Å²) in [7, 11) is 0. The average Bonchev–Trinajstić information content (AvgIpc) is 1.21. The van der Waals surface area contributed by atoms with Gasteiger partial charge in [0.2, 0.25) is 0 Å². The van der Waals surface area contributed by atoms with Crippen LogP contribution in [0.5, 0.6) is 0 Å². The molecule has 8 heavy (non-hydrogen) atoms. The first-order valence-corrected chi connectivity index (χ1v) is 1.99. The van der Waals surface area contributed by atoms with Crippen LogP contribution in [-0.2, 0) is 4.79 Å². The lowest BCUT2D eigenvalue weighted by atomic mass is 10.3. The van der Waals surface area contributed by atoms with Crippen molar-refractivity contribution in [2.24, 2.45) is 0 Å². The molecule has 0 amide bonds. The fourth-order valence-corrected chi connectivity index (χ4v) is 0.253. The van der Waals surface area contributed by atoms with Gasteiger partial charge in [-0.25, -0.2) is 8.78 Å². The number of carboxylic acids is 1. The van der Waals surface area contributed by atoms with Gasteiger partial charge in [-0.15, -0.1) is 0 Å². The summed E-state index contributed by atoms with van der Waals surface area (Å²) in [4.78, 5) is 9.42. The molecule has 0 fully saturated rings. The minimum atomic E-state index is -3.14. The van der Waals surface area contributed by atoms with E-state index in [1.54, 1.807) is 0 Å². The molecule has 0 atom stereocenters. The summed E-state index contributed by atoms with van der Waals surface area (Å²) in [5, 5.41) is 9.42. The van der Waals surface area contributed by atoms with Gasteiger partial charge in [0.05, 0.1) is 6.42 Å². The fraction of sp³-hybridized carbons (Fsp3) is 0.750. The van der Waals surface area contributed by atoms with E-state index in [0.717, 1.165) is 0 Å². The third-order valence-electron chi connectivity index (χ3n) is 0.455. The molecular formula is C4H5F2O2-. The van der Waals surface area contributed by atoms with Crippen LogP contribution >= 0.6 is 0 Å². The van der Waals surface area contributed by atoms with Crippen LogP contribution in [0.25, 0.3) is 0 Å². The van der Waals surface area contributed by atoms with Gasteiger partial charge in [-0.1, -0.05) is 0 Å². The van der Waals surface area contributed by atoms with Crippen LogP contribution in [0.15, 0.2) is 0 Å². The highest BCUT2D eigenvalue weighted by molar-refractivity contribution is 5.65. The highest BCUT2D eigenvalue weighted by atomic mass is 19.3. The topological polar surface area (TPSA) is 40.1 Å². The van der Waals surface area contributed by atoms with E-state index < -0.39 is 18.3 Å². The van der Waals surface area contributed by atoms with Gasteiger partial charge in [-0.05, 0) is 6.92 Å². The number of halogens is 2. The minimum absolute atomic E-state index is 0.531. The molecule has 0 rings (SSSR count). The molecule has 0 N–H and O–H groups in total. The summed E-state index contributed by atoms with van der Waals surface area (Å²) in [6.45, 7) is 0.531. The summed E-state index contributed by atoms with van der Waals surface area (Å²) in [6.07, 6.45) is -1.20. The third-order valence-corrected chi connectivity index (χ3v) is 0.455. The van der Waals surface area contributed by atoms with Gasteiger partial charge in [0.15, 0.2) is 0 Å². The second kappa shape index (κ2) is 2.07. The predicted octanol–water partition coefficient (Wildman–Crippen LogP) is -0.218. The van der Waals surface area contributed by atoms with Crippen LogP contribution in [0.2, 0.25) is 0 Å². The molecule has 0 aromatic rings. The van der Waals surface area contributed by atoms with Crippen molar-refractivity contribution in [2.75, 3.05) is 0 Å². The zero-order valence-electron chi connectivity index (χ0n) is 4.28. The Labute approximate surface area is 45.1 Å².